The van der Waals surface area contributed by atoms with Crippen LogP contribution in [0.15, 0.2) is 48.5 Å². The summed E-state index contributed by atoms with van der Waals surface area (Å²) in [6.07, 6.45) is 1.50. The van der Waals surface area contributed by atoms with Crippen LogP contribution in [-0.2, 0) is 11.3 Å². The fraction of sp³-hybridized carbons (Fsp3) is 0.250. The summed E-state index contributed by atoms with van der Waals surface area (Å²) >= 11 is 0. The van der Waals surface area contributed by atoms with Crippen molar-refractivity contribution >= 4 is 23.5 Å². The Bertz CT molecular complexity index is 891. The van der Waals surface area contributed by atoms with E-state index in [4.69, 9.17) is 5.11 Å². The van der Waals surface area contributed by atoms with Gasteiger partial charge in [-0.15, -0.1) is 0 Å². The van der Waals surface area contributed by atoms with Gasteiger partial charge < -0.3 is 14.9 Å². The molecule has 1 N–H and O–H groups in total. The lowest BCUT2D eigenvalue weighted by Gasteiger charge is -2.26. The van der Waals surface area contributed by atoms with Gasteiger partial charge in [0.05, 0.1) is 23.4 Å². The zero-order valence-electron chi connectivity index (χ0n) is 14.1. The van der Waals surface area contributed by atoms with Crippen LogP contribution in [-0.4, -0.2) is 40.4 Å². The highest BCUT2D eigenvalue weighted by atomic mass is 16.4. The van der Waals surface area contributed by atoms with E-state index in [1.165, 1.54) is 12.1 Å². The van der Waals surface area contributed by atoms with E-state index in [9.17, 15) is 14.4 Å². The van der Waals surface area contributed by atoms with E-state index in [0.717, 1.165) is 12.0 Å². The van der Waals surface area contributed by atoms with Crippen molar-refractivity contribution in [2.24, 2.45) is 0 Å². The number of carboxylic acids is 1. The van der Waals surface area contributed by atoms with Gasteiger partial charge in [-0.25, -0.2) is 4.79 Å². The quantitative estimate of drug-likeness (QED) is 0.923. The van der Waals surface area contributed by atoms with E-state index >= 15 is 0 Å². The van der Waals surface area contributed by atoms with Gasteiger partial charge >= 0.3 is 5.97 Å². The molecule has 26 heavy (non-hydrogen) atoms. The van der Waals surface area contributed by atoms with Crippen LogP contribution in [0, 0.1) is 0 Å². The molecule has 6 heteroatoms. The molecule has 132 valence electrons. The minimum absolute atomic E-state index is 0.0805. The van der Waals surface area contributed by atoms with Crippen molar-refractivity contribution in [3.8, 4) is 0 Å². The first-order valence-electron chi connectivity index (χ1n) is 8.60. The summed E-state index contributed by atoms with van der Waals surface area (Å²) in [5.41, 5.74) is 2.16. The summed E-state index contributed by atoms with van der Waals surface area (Å²) in [4.78, 5) is 40.4. The summed E-state index contributed by atoms with van der Waals surface area (Å²) in [7, 11) is 0. The fourth-order valence-electron chi connectivity index (χ4n) is 3.71. The molecule has 0 radical (unpaired) electrons. The lowest BCUT2D eigenvalue weighted by atomic mass is 10.1. The number of carbonyl (C=O) groups excluding carboxylic acids is 2. The Morgan fingerprint density at radius 2 is 1.81 bits per heavy atom. The molecule has 6 nitrogen and oxygen atoms in total. The van der Waals surface area contributed by atoms with E-state index in [0.29, 0.717) is 30.8 Å². The third-order valence-corrected chi connectivity index (χ3v) is 5.03. The number of fused-ring (bicyclic) bond motifs is 2. The summed E-state index contributed by atoms with van der Waals surface area (Å²) < 4.78 is 0. The van der Waals surface area contributed by atoms with E-state index in [2.05, 4.69) is 0 Å². The highest BCUT2D eigenvalue weighted by Gasteiger charge is 2.41. The summed E-state index contributed by atoms with van der Waals surface area (Å²) in [6, 6.07) is 13.2. The molecule has 1 atom stereocenters. The Balaban J connectivity index is 1.73. The van der Waals surface area contributed by atoms with Crippen molar-refractivity contribution in [1.29, 1.82) is 0 Å². The maximum Gasteiger partial charge on any atom is 0.335 e. The minimum Gasteiger partial charge on any atom is -0.478 e. The normalized spacial score (nSPS) is 19.2. The minimum atomic E-state index is -0.986. The average Bonchev–Trinajstić information content (AvgIpc) is 3.12. The van der Waals surface area contributed by atoms with Gasteiger partial charge in [0.25, 0.3) is 5.91 Å². The van der Waals surface area contributed by atoms with Crippen molar-refractivity contribution < 1.29 is 19.5 Å². The molecule has 0 unspecified atom stereocenters. The van der Waals surface area contributed by atoms with Crippen molar-refractivity contribution in [3.63, 3.8) is 0 Å². The Labute approximate surface area is 150 Å². The largest absolute Gasteiger partial charge is 0.478 e. The number of hydrogen-bond acceptors (Lipinski definition) is 3. The molecule has 0 saturated carbocycles. The van der Waals surface area contributed by atoms with Gasteiger partial charge in [0.2, 0.25) is 5.91 Å². The SMILES string of the molecule is O=C(O)c1ccc(CN2C(=O)[C@@H]3CCCN3C(=O)c3ccccc32)cc1. The third-order valence-electron chi connectivity index (χ3n) is 5.03. The molecule has 0 aromatic heterocycles. The number of carbonyl (C=O) groups is 3. The zero-order valence-corrected chi connectivity index (χ0v) is 14.1. The van der Waals surface area contributed by atoms with E-state index < -0.39 is 12.0 Å². The maximum absolute atomic E-state index is 13.2. The summed E-state index contributed by atoms with van der Waals surface area (Å²) in [5, 5.41) is 9.03. The zero-order chi connectivity index (χ0) is 18.3. The number of carboxylic acid groups (broad SMARTS) is 1. The predicted molar refractivity (Wildman–Crippen MR) is 95.1 cm³/mol. The average molecular weight is 350 g/mol. The monoisotopic (exact) mass is 350 g/mol. The number of nitrogens with zero attached hydrogens (tertiary/aromatic N) is 2. The van der Waals surface area contributed by atoms with Gasteiger partial charge in [-0.2, -0.15) is 0 Å². The molecule has 4 rings (SSSR count). The third kappa shape index (κ3) is 2.63. The van der Waals surface area contributed by atoms with Crippen LogP contribution in [0.25, 0.3) is 0 Å². The van der Waals surface area contributed by atoms with Crippen molar-refractivity contribution in [2.75, 3.05) is 11.4 Å². The number of amides is 2. The molecule has 0 aliphatic carbocycles. The first-order valence-corrected chi connectivity index (χ1v) is 8.60. The molecule has 2 aliphatic heterocycles. The highest BCUT2D eigenvalue weighted by molar-refractivity contribution is 6.11. The molecule has 2 amide bonds. The lowest BCUT2D eigenvalue weighted by Crippen LogP contribution is -2.44. The molecule has 2 aromatic carbocycles. The van der Waals surface area contributed by atoms with Crippen molar-refractivity contribution in [3.05, 3.63) is 65.2 Å². The van der Waals surface area contributed by atoms with Crippen LogP contribution in [0.2, 0.25) is 0 Å². The van der Waals surface area contributed by atoms with E-state index in [1.54, 1.807) is 40.1 Å². The van der Waals surface area contributed by atoms with Crippen LogP contribution < -0.4 is 4.90 Å². The van der Waals surface area contributed by atoms with Gasteiger partial charge in [-0.3, -0.25) is 9.59 Å². The van der Waals surface area contributed by atoms with Gasteiger partial charge in [-0.1, -0.05) is 24.3 Å². The molecule has 0 spiro atoms. The number of rotatable bonds is 3. The maximum atomic E-state index is 13.2. The van der Waals surface area contributed by atoms with Crippen LogP contribution in [0.1, 0.15) is 39.1 Å². The molecule has 2 aromatic rings. The molecule has 2 heterocycles. The number of hydrogen-bond donors (Lipinski definition) is 1. The van der Waals surface area contributed by atoms with Gasteiger partial charge in [0.1, 0.15) is 6.04 Å². The Morgan fingerprint density at radius 1 is 1.08 bits per heavy atom. The topological polar surface area (TPSA) is 77.9 Å². The van der Waals surface area contributed by atoms with Crippen molar-refractivity contribution in [1.82, 2.24) is 4.90 Å². The summed E-state index contributed by atoms with van der Waals surface area (Å²) in [5.74, 6) is -1.16. The molecular weight excluding hydrogens is 332 g/mol. The Hall–Kier alpha value is -3.15. The highest BCUT2D eigenvalue weighted by Crippen LogP contribution is 2.33. The van der Waals surface area contributed by atoms with Gasteiger partial charge in [0, 0.05) is 6.54 Å². The molecule has 1 fully saturated rings. The standard InChI is InChI=1S/C20H18N2O4/c23-18-15-4-1-2-5-16(15)22(19(24)17-6-3-11-21(17)18)12-13-7-9-14(10-8-13)20(25)26/h1-2,4-5,7-10,17H,3,6,11-12H2,(H,25,26)/t17-/m0/s1. The van der Waals surface area contributed by atoms with Crippen LogP contribution in [0.3, 0.4) is 0 Å². The van der Waals surface area contributed by atoms with Crippen LogP contribution in [0.4, 0.5) is 5.69 Å². The predicted octanol–water partition coefficient (Wildman–Crippen LogP) is 2.54. The van der Waals surface area contributed by atoms with E-state index in [-0.39, 0.29) is 17.4 Å². The van der Waals surface area contributed by atoms with Gasteiger partial charge in [0.15, 0.2) is 0 Å². The first kappa shape index (κ1) is 16.3. The summed E-state index contributed by atoms with van der Waals surface area (Å²) in [6.45, 7) is 0.901. The molecule has 2 aliphatic rings. The van der Waals surface area contributed by atoms with Crippen LogP contribution in [0.5, 0.6) is 0 Å². The second-order valence-electron chi connectivity index (χ2n) is 6.60. The number of anilines is 1. The first-order chi connectivity index (χ1) is 12.6. The van der Waals surface area contributed by atoms with Gasteiger partial charge in [-0.05, 0) is 42.7 Å². The molecule has 0 bridgehead atoms. The Kier molecular flexibility index (Phi) is 3.95. The second-order valence-corrected chi connectivity index (χ2v) is 6.60. The molecule has 1 saturated heterocycles. The second kappa shape index (κ2) is 6.29. The van der Waals surface area contributed by atoms with Crippen molar-refractivity contribution in [2.45, 2.75) is 25.4 Å². The van der Waals surface area contributed by atoms with E-state index in [1.807, 2.05) is 6.07 Å². The Morgan fingerprint density at radius 3 is 2.54 bits per heavy atom. The number of aromatic carboxylic acids is 1. The number of benzene rings is 2. The number of para-hydroxylation sites is 1. The smallest absolute Gasteiger partial charge is 0.335 e. The molecular formula is C20H18N2O4. The lowest BCUT2D eigenvalue weighted by molar-refractivity contribution is -0.122. The fourth-order valence-corrected chi connectivity index (χ4v) is 3.71. The van der Waals surface area contributed by atoms with Crippen LogP contribution >= 0.6 is 0 Å².